The zero-order chi connectivity index (χ0) is 22.4. The zero-order valence-electron chi connectivity index (χ0n) is 16.5. The molecule has 3 aromatic rings. The average Bonchev–Trinajstić information content (AvgIpc) is 3.15. The Bertz CT molecular complexity index is 1060. The van der Waals surface area contributed by atoms with E-state index in [9.17, 15) is 18.0 Å². The Morgan fingerprint density at radius 3 is 2.71 bits per heavy atom. The molecule has 3 rings (SSSR count). The van der Waals surface area contributed by atoms with E-state index in [1.54, 1.807) is 6.07 Å². The summed E-state index contributed by atoms with van der Waals surface area (Å²) in [5, 5.41) is 4.19. The maximum Gasteiger partial charge on any atom is 0.418 e. The third-order valence-corrected chi connectivity index (χ3v) is 6.09. The van der Waals surface area contributed by atoms with Crippen molar-refractivity contribution in [2.45, 2.75) is 23.2 Å². The number of methoxy groups -OCH3 is 1. The Labute approximate surface area is 184 Å². The Hall–Kier alpha value is -2.79. The summed E-state index contributed by atoms with van der Waals surface area (Å²) in [6.07, 6.45) is -3.11. The lowest BCUT2D eigenvalue weighted by molar-refractivity contribution is -0.137. The summed E-state index contributed by atoms with van der Waals surface area (Å²) in [6, 6.07) is 6.37. The van der Waals surface area contributed by atoms with Gasteiger partial charge in [0.1, 0.15) is 4.34 Å². The number of aromatic nitrogens is 2. The predicted molar refractivity (Wildman–Crippen MR) is 113 cm³/mol. The van der Waals surface area contributed by atoms with Crippen LogP contribution < -0.4 is 14.8 Å². The second-order valence-electron chi connectivity index (χ2n) is 6.25. The van der Waals surface area contributed by atoms with Crippen LogP contribution in [0.1, 0.15) is 17.0 Å². The van der Waals surface area contributed by atoms with Crippen LogP contribution in [-0.2, 0) is 16.7 Å². The van der Waals surface area contributed by atoms with Crippen LogP contribution in [0, 0.1) is 6.92 Å². The molecule has 0 saturated heterocycles. The number of hydrogen-bond acceptors (Lipinski definition) is 7. The fourth-order valence-electron chi connectivity index (χ4n) is 2.51. The van der Waals surface area contributed by atoms with E-state index in [0.717, 1.165) is 16.1 Å². The minimum absolute atomic E-state index is 0.266. The lowest BCUT2D eigenvalue weighted by atomic mass is 10.1. The third-order valence-electron chi connectivity index (χ3n) is 3.91. The predicted octanol–water partition coefficient (Wildman–Crippen LogP) is 5.18. The number of rotatable bonds is 8. The molecule has 11 heteroatoms. The maximum atomic E-state index is 13.1. The fourth-order valence-corrected chi connectivity index (χ4v) is 4.26. The van der Waals surface area contributed by atoms with Gasteiger partial charge in [-0.25, -0.2) is 4.98 Å². The van der Waals surface area contributed by atoms with E-state index >= 15 is 0 Å². The van der Waals surface area contributed by atoms with Gasteiger partial charge in [0.2, 0.25) is 0 Å². The van der Waals surface area contributed by atoms with Gasteiger partial charge < -0.3 is 14.8 Å². The van der Waals surface area contributed by atoms with E-state index in [1.807, 2.05) is 12.3 Å². The molecule has 2 heterocycles. The van der Waals surface area contributed by atoms with Gasteiger partial charge in [0.05, 0.1) is 30.3 Å². The minimum atomic E-state index is -4.58. The van der Waals surface area contributed by atoms with E-state index in [-0.39, 0.29) is 11.4 Å². The molecule has 0 radical (unpaired) electrons. The van der Waals surface area contributed by atoms with Gasteiger partial charge in [0, 0.05) is 22.9 Å². The molecule has 0 fully saturated rings. The van der Waals surface area contributed by atoms with Crippen LogP contribution in [0.15, 0.2) is 46.2 Å². The number of thioether (sulfide) groups is 1. The first-order valence-corrected chi connectivity index (χ1v) is 10.8. The van der Waals surface area contributed by atoms with Crippen LogP contribution in [0.25, 0.3) is 0 Å². The van der Waals surface area contributed by atoms with Gasteiger partial charge in [-0.05, 0) is 19.1 Å². The summed E-state index contributed by atoms with van der Waals surface area (Å²) in [7, 11) is 1.43. The highest BCUT2D eigenvalue weighted by atomic mass is 32.2. The number of nitrogens with one attached hydrogen (secondary N) is 1. The molecule has 2 aromatic heterocycles. The number of benzene rings is 1. The molecular weight excluding hydrogens is 451 g/mol. The van der Waals surface area contributed by atoms with Crippen molar-refractivity contribution < 1.29 is 27.4 Å². The summed E-state index contributed by atoms with van der Waals surface area (Å²) in [5.74, 6) is 0.369. The molecule has 1 N–H and O–H groups in total. The van der Waals surface area contributed by atoms with Crippen molar-refractivity contribution in [1.82, 2.24) is 9.97 Å². The smallest absolute Gasteiger partial charge is 0.418 e. The number of hydrogen-bond donors (Lipinski definition) is 1. The van der Waals surface area contributed by atoms with E-state index in [4.69, 9.17) is 9.47 Å². The number of halogens is 3. The molecule has 0 bridgehead atoms. The molecule has 0 aliphatic carbocycles. The zero-order valence-corrected chi connectivity index (χ0v) is 18.2. The maximum absolute atomic E-state index is 13.1. The monoisotopic (exact) mass is 469 g/mol. The van der Waals surface area contributed by atoms with Crippen LogP contribution in [0.3, 0.4) is 0 Å². The molecule has 0 atom stereocenters. The number of pyridine rings is 1. The number of amides is 1. The topological polar surface area (TPSA) is 73.3 Å². The van der Waals surface area contributed by atoms with Crippen molar-refractivity contribution in [3.05, 3.63) is 58.9 Å². The highest BCUT2D eigenvalue weighted by molar-refractivity contribution is 8.00. The quantitative estimate of drug-likeness (QED) is 0.458. The van der Waals surface area contributed by atoms with Gasteiger partial charge in [-0.2, -0.15) is 13.2 Å². The van der Waals surface area contributed by atoms with Gasteiger partial charge >= 0.3 is 6.18 Å². The largest absolute Gasteiger partial charge is 0.491 e. The molecule has 164 valence electrons. The molecule has 0 saturated carbocycles. The van der Waals surface area contributed by atoms with E-state index < -0.39 is 24.3 Å². The molecular formula is C20H18F3N3O3S2. The van der Waals surface area contributed by atoms with Crippen molar-refractivity contribution in [1.29, 1.82) is 0 Å². The Balaban J connectivity index is 1.64. The molecule has 1 amide bonds. The first-order chi connectivity index (χ1) is 14.8. The van der Waals surface area contributed by atoms with Crippen LogP contribution >= 0.6 is 23.1 Å². The summed E-state index contributed by atoms with van der Waals surface area (Å²) < 4.78 is 50.8. The van der Waals surface area contributed by atoms with Crippen LogP contribution in [-0.4, -0.2) is 29.6 Å². The number of anilines is 1. The number of para-hydroxylation sites is 1. The molecule has 6 nitrogen and oxygen atoms in total. The third kappa shape index (κ3) is 6.34. The van der Waals surface area contributed by atoms with Crippen LogP contribution in [0.4, 0.5) is 18.9 Å². The number of ether oxygens (including phenoxy) is 2. The molecule has 0 aliphatic rings. The SMILES string of the molecule is COc1cnc(CSc2nc(C)cs2)cc1OCC(=O)Nc1ccccc1C(F)(F)F. The lowest BCUT2D eigenvalue weighted by Gasteiger charge is -2.14. The summed E-state index contributed by atoms with van der Waals surface area (Å²) in [5.41, 5.74) is 0.358. The van der Waals surface area contributed by atoms with Crippen molar-refractivity contribution >= 4 is 34.7 Å². The number of thiazole rings is 1. The van der Waals surface area contributed by atoms with Crippen LogP contribution in [0.2, 0.25) is 0 Å². The number of nitrogens with zero attached hydrogens (tertiary/aromatic N) is 2. The highest BCUT2D eigenvalue weighted by Gasteiger charge is 2.33. The normalized spacial score (nSPS) is 11.3. The van der Waals surface area contributed by atoms with Crippen molar-refractivity contribution in [3.8, 4) is 11.5 Å². The summed E-state index contributed by atoms with van der Waals surface area (Å²) >= 11 is 3.04. The minimum Gasteiger partial charge on any atom is -0.491 e. The average molecular weight is 470 g/mol. The number of carbonyl (C=O) groups excluding carboxylic acids is 1. The van der Waals surface area contributed by atoms with E-state index in [0.29, 0.717) is 17.2 Å². The molecule has 31 heavy (non-hydrogen) atoms. The standard InChI is InChI=1S/C20H18F3N3O3S2/c1-12-10-30-19(25-12)31-11-13-7-16(17(28-2)8-24-13)29-9-18(27)26-15-6-4-3-5-14(15)20(21,22)23/h3-8,10H,9,11H2,1-2H3,(H,26,27). The molecule has 0 spiro atoms. The second-order valence-corrected chi connectivity index (χ2v) is 8.33. The van der Waals surface area contributed by atoms with Crippen molar-refractivity contribution in [2.24, 2.45) is 0 Å². The van der Waals surface area contributed by atoms with Gasteiger partial charge in [0.25, 0.3) is 5.91 Å². The van der Waals surface area contributed by atoms with E-state index in [1.165, 1.54) is 54.6 Å². The second kappa shape index (κ2) is 10.0. The van der Waals surface area contributed by atoms with E-state index in [2.05, 4.69) is 15.3 Å². The first-order valence-electron chi connectivity index (χ1n) is 8.93. The number of carbonyl (C=O) groups is 1. The molecule has 1 aromatic carbocycles. The van der Waals surface area contributed by atoms with Gasteiger partial charge in [-0.1, -0.05) is 23.9 Å². The van der Waals surface area contributed by atoms with Crippen molar-refractivity contribution in [2.75, 3.05) is 19.0 Å². The Kier molecular flexibility index (Phi) is 7.39. The molecule has 0 aliphatic heterocycles. The Morgan fingerprint density at radius 2 is 2.03 bits per heavy atom. The van der Waals surface area contributed by atoms with Crippen LogP contribution in [0.5, 0.6) is 11.5 Å². The summed E-state index contributed by atoms with van der Waals surface area (Å²) in [4.78, 5) is 20.9. The Morgan fingerprint density at radius 1 is 1.26 bits per heavy atom. The number of aryl methyl sites for hydroxylation is 1. The van der Waals surface area contributed by atoms with Gasteiger partial charge in [-0.3, -0.25) is 9.78 Å². The number of alkyl halides is 3. The van der Waals surface area contributed by atoms with Gasteiger partial charge in [-0.15, -0.1) is 11.3 Å². The lowest BCUT2D eigenvalue weighted by Crippen LogP contribution is -2.22. The van der Waals surface area contributed by atoms with Gasteiger partial charge in [0.15, 0.2) is 18.1 Å². The molecule has 0 unspecified atom stereocenters. The highest BCUT2D eigenvalue weighted by Crippen LogP contribution is 2.35. The fraction of sp³-hybridized carbons (Fsp3) is 0.250. The van der Waals surface area contributed by atoms with Crippen molar-refractivity contribution in [3.63, 3.8) is 0 Å². The first kappa shape index (κ1) is 22.9. The summed E-state index contributed by atoms with van der Waals surface area (Å²) in [6.45, 7) is 1.42.